The maximum Gasteiger partial charge on any atom is 0.224 e. The molecule has 0 aliphatic heterocycles. The van der Waals surface area contributed by atoms with Gasteiger partial charge < -0.3 is 14.9 Å². The number of aromatic amines is 1. The minimum Gasteiger partial charge on any atom is -0.353 e. The fraction of sp³-hybridized carbons (Fsp3) is 0.143. The number of hydrogen-bond donors (Lipinski definition) is 2. The van der Waals surface area contributed by atoms with Gasteiger partial charge in [0.05, 0.1) is 16.9 Å². The average Bonchev–Trinajstić information content (AvgIpc) is 3.52. The molecule has 0 aliphatic carbocycles. The van der Waals surface area contributed by atoms with Crippen LogP contribution in [0.2, 0.25) is 0 Å². The van der Waals surface area contributed by atoms with Gasteiger partial charge >= 0.3 is 0 Å². The summed E-state index contributed by atoms with van der Waals surface area (Å²) in [5.74, 6) is 0.0313. The number of H-pyrrole nitrogens is 1. The van der Waals surface area contributed by atoms with E-state index in [1.54, 1.807) is 0 Å². The topological polar surface area (TPSA) is 62.7 Å². The lowest BCUT2D eigenvalue weighted by atomic mass is 10.0. The average molecular weight is 523 g/mol. The third-order valence-electron chi connectivity index (χ3n) is 7.87. The van der Waals surface area contributed by atoms with Gasteiger partial charge in [0.2, 0.25) is 5.91 Å². The molecule has 0 atom stereocenters. The summed E-state index contributed by atoms with van der Waals surface area (Å²) < 4.78 is 2.32. The standard InChI is InChI=1S/C35H30N4O/c1-2-39-32-16-8-5-12-26(32)28-22-24(19-21-33(28)39)36-34(40)17-9-13-27-25-11-4-7-15-30(25)38-35(27)31-20-18-23-10-3-6-14-29(23)37-31/h3-8,10-12,14-16,18-22,38H,2,9,13,17H2,1H3,(H,36,40). The highest BCUT2D eigenvalue weighted by Crippen LogP contribution is 2.33. The zero-order valence-electron chi connectivity index (χ0n) is 22.4. The van der Waals surface area contributed by atoms with E-state index in [1.165, 1.54) is 32.8 Å². The minimum absolute atomic E-state index is 0.0313. The largest absolute Gasteiger partial charge is 0.353 e. The van der Waals surface area contributed by atoms with Crippen LogP contribution in [0.4, 0.5) is 5.69 Å². The van der Waals surface area contributed by atoms with E-state index in [-0.39, 0.29) is 5.91 Å². The summed E-state index contributed by atoms with van der Waals surface area (Å²) in [6.07, 6.45) is 1.97. The molecule has 0 aliphatic rings. The van der Waals surface area contributed by atoms with Crippen LogP contribution in [-0.4, -0.2) is 20.4 Å². The number of para-hydroxylation sites is 3. The number of rotatable bonds is 7. The van der Waals surface area contributed by atoms with Crippen molar-refractivity contribution in [1.82, 2.24) is 14.5 Å². The van der Waals surface area contributed by atoms with Crippen LogP contribution in [0.25, 0.3) is 55.0 Å². The van der Waals surface area contributed by atoms with Gasteiger partial charge in [-0.15, -0.1) is 0 Å². The molecular formula is C35H30N4O. The van der Waals surface area contributed by atoms with Gasteiger partial charge in [0, 0.05) is 56.7 Å². The molecule has 0 saturated heterocycles. The Morgan fingerprint density at radius 2 is 1.60 bits per heavy atom. The first-order valence-electron chi connectivity index (χ1n) is 14.0. The Labute approximate surface area is 232 Å². The summed E-state index contributed by atoms with van der Waals surface area (Å²) in [4.78, 5) is 21.6. The van der Waals surface area contributed by atoms with Crippen LogP contribution in [0.5, 0.6) is 0 Å². The molecule has 0 spiro atoms. The molecule has 5 nitrogen and oxygen atoms in total. The normalized spacial score (nSPS) is 11.6. The van der Waals surface area contributed by atoms with Crippen LogP contribution in [-0.2, 0) is 17.8 Å². The molecule has 0 saturated carbocycles. The summed E-state index contributed by atoms with van der Waals surface area (Å²) >= 11 is 0. The maximum atomic E-state index is 13.0. The predicted octanol–water partition coefficient (Wildman–Crippen LogP) is 8.47. The Kier molecular flexibility index (Phi) is 6.05. The number of carbonyl (C=O) groups excluding carboxylic acids is 1. The van der Waals surface area contributed by atoms with Crippen LogP contribution in [0.1, 0.15) is 25.3 Å². The van der Waals surface area contributed by atoms with Gasteiger partial charge in [-0.05, 0) is 67.8 Å². The lowest BCUT2D eigenvalue weighted by molar-refractivity contribution is -0.116. The summed E-state index contributed by atoms with van der Waals surface area (Å²) in [6.45, 7) is 3.07. The van der Waals surface area contributed by atoms with Crippen molar-refractivity contribution in [3.05, 3.63) is 109 Å². The Balaban J connectivity index is 1.11. The molecule has 40 heavy (non-hydrogen) atoms. The number of aromatic nitrogens is 3. The fourth-order valence-corrected chi connectivity index (χ4v) is 6.00. The zero-order chi connectivity index (χ0) is 27.1. The summed E-state index contributed by atoms with van der Waals surface area (Å²) in [5, 5.41) is 7.83. The Morgan fingerprint density at radius 3 is 2.50 bits per heavy atom. The van der Waals surface area contributed by atoms with Crippen molar-refractivity contribution < 1.29 is 4.79 Å². The second kappa shape index (κ2) is 10.0. The summed E-state index contributed by atoms with van der Waals surface area (Å²) in [6, 6.07) is 35.4. The lowest BCUT2D eigenvalue weighted by Gasteiger charge is -2.08. The third kappa shape index (κ3) is 4.20. The summed E-state index contributed by atoms with van der Waals surface area (Å²) in [5.41, 5.74) is 8.48. The fourth-order valence-electron chi connectivity index (χ4n) is 6.00. The Hall–Kier alpha value is -4.90. The number of fused-ring (bicyclic) bond motifs is 5. The van der Waals surface area contributed by atoms with E-state index in [2.05, 4.69) is 94.6 Å². The summed E-state index contributed by atoms with van der Waals surface area (Å²) in [7, 11) is 0. The van der Waals surface area contributed by atoms with Crippen LogP contribution in [0, 0.1) is 0 Å². The zero-order valence-corrected chi connectivity index (χ0v) is 22.4. The van der Waals surface area contributed by atoms with E-state index < -0.39 is 0 Å². The van der Waals surface area contributed by atoms with Gasteiger partial charge in [-0.3, -0.25) is 4.79 Å². The number of amides is 1. The molecule has 7 rings (SSSR count). The molecule has 0 fully saturated rings. The molecule has 0 radical (unpaired) electrons. The molecule has 2 N–H and O–H groups in total. The van der Waals surface area contributed by atoms with E-state index in [0.29, 0.717) is 6.42 Å². The van der Waals surface area contributed by atoms with Crippen molar-refractivity contribution >= 4 is 55.2 Å². The van der Waals surface area contributed by atoms with Crippen LogP contribution in [0.15, 0.2) is 103 Å². The lowest BCUT2D eigenvalue weighted by Crippen LogP contribution is -2.11. The SMILES string of the molecule is CCn1c2ccccc2c2cc(NC(=O)CCCc3c(-c4ccc5ccccc5n4)[nH]c4ccccc34)ccc21. The number of hydrogen-bond acceptors (Lipinski definition) is 2. The first-order chi connectivity index (χ1) is 19.7. The number of pyridine rings is 1. The molecule has 5 heteroatoms. The van der Waals surface area contributed by atoms with E-state index >= 15 is 0 Å². The minimum atomic E-state index is 0.0313. The molecular weight excluding hydrogens is 492 g/mol. The highest BCUT2D eigenvalue weighted by molar-refractivity contribution is 6.09. The molecule has 4 aromatic carbocycles. The van der Waals surface area contributed by atoms with E-state index in [9.17, 15) is 4.79 Å². The number of carbonyl (C=O) groups is 1. The Morgan fingerprint density at radius 1 is 0.825 bits per heavy atom. The van der Waals surface area contributed by atoms with E-state index in [0.717, 1.165) is 52.9 Å². The molecule has 196 valence electrons. The number of nitrogens with one attached hydrogen (secondary N) is 2. The molecule has 3 aromatic heterocycles. The highest BCUT2D eigenvalue weighted by Gasteiger charge is 2.16. The first-order valence-corrected chi connectivity index (χ1v) is 14.0. The first kappa shape index (κ1) is 24.2. The van der Waals surface area contributed by atoms with E-state index in [1.807, 2.05) is 30.3 Å². The third-order valence-corrected chi connectivity index (χ3v) is 7.87. The number of aryl methyl sites for hydroxylation is 2. The van der Waals surface area contributed by atoms with Gasteiger partial charge in [-0.2, -0.15) is 0 Å². The van der Waals surface area contributed by atoms with Gasteiger partial charge in [0.25, 0.3) is 0 Å². The smallest absolute Gasteiger partial charge is 0.224 e. The highest BCUT2D eigenvalue weighted by atomic mass is 16.1. The molecule has 3 heterocycles. The number of anilines is 1. The number of nitrogens with zero attached hydrogens (tertiary/aromatic N) is 2. The predicted molar refractivity (Wildman–Crippen MR) is 166 cm³/mol. The van der Waals surface area contributed by atoms with Gasteiger partial charge in [-0.1, -0.05) is 60.7 Å². The second-order valence-electron chi connectivity index (χ2n) is 10.3. The van der Waals surface area contributed by atoms with Crippen LogP contribution in [0.3, 0.4) is 0 Å². The molecule has 1 amide bonds. The molecule has 0 unspecified atom stereocenters. The molecule has 7 aromatic rings. The van der Waals surface area contributed by atoms with Gasteiger partial charge in [0.1, 0.15) is 0 Å². The number of benzene rings is 4. The van der Waals surface area contributed by atoms with Crippen molar-refractivity contribution in [2.75, 3.05) is 5.32 Å². The van der Waals surface area contributed by atoms with Crippen molar-refractivity contribution in [3.8, 4) is 11.4 Å². The maximum absolute atomic E-state index is 13.0. The van der Waals surface area contributed by atoms with Crippen molar-refractivity contribution in [3.63, 3.8) is 0 Å². The van der Waals surface area contributed by atoms with Gasteiger partial charge in [0.15, 0.2) is 0 Å². The van der Waals surface area contributed by atoms with E-state index in [4.69, 9.17) is 4.98 Å². The monoisotopic (exact) mass is 522 g/mol. The second-order valence-corrected chi connectivity index (χ2v) is 10.3. The van der Waals surface area contributed by atoms with Crippen molar-refractivity contribution in [1.29, 1.82) is 0 Å². The quantitative estimate of drug-likeness (QED) is 0.220. The molecule has 0 bridgehead atoms. The van der Waals surface area contributed by atoms with Gasteiger partial charge in [-0.25, -0.2) is 4.98 Å². The van der Waals surface area contributed by atoms with Crippen LogP contribution < -0.4 is 5.32 Å². The Bertz CT molecular complexity index is 2030. The van der Waals surface area contributed by atoms with Crippen molar-refractivity contribution in [2.45, 2.75) is 32.7 Å². The van der Waals surface area contributed by atoms with Crippen molar-refractivity contribution in [2.24, 2.45) is 0 Å². The van der Waals surface area contributed by atoms with Crippen LogP contribution >= 0.6 is 0 Å².